The third kappa shape index (κ3) is 4.53. The summed E-state index contributed by atoms with van der Waals surface area (Å²) >= 11 is 5.98. The molecule has 2 aromatic carbocycles. The van der Waals surface area contributed by atoms with Gasteiger partial charge < -0.3 is 5.73 Å². The van der Waals surface area contributed by atoms with Gasteiger partial charge in [-0.15, -0.1) is 0 Å². The Kier molecular flexibility index (Phi) is 5.35. The van der Waals surface area contributed by atoms with Crippen LogP contribution in [0.1, 0.15) is 10.9 Å². The minimum absolute atomic E-state index is 0.180. The Morgan fingerprint density at radius 1 is 1.05 bits per heavy atom. The zero-order valence-electron chi connectivity index (χ0n) is 11.0. The van der Waals surface area contributed by atoms with Crippen molar-refractivity contribution >= 4 is 38.3 Å². The Morgan fingerprint density at radius 3 is 2.10 bits per heavy atom. The van der Waals surface area contributed by atoms with Gasteiger partial charge in [0.05, 0.1) is 10.3 Å². The van der Waals surface area contributed by atoms with Crippen molar-refractivity contribution in [2.75, 3.05) is 0 Å². The van der Waals surface area contributed by atoms with E-state index in [0.717, 1.165) is 17.3 Å². The van der Waals surface area contributed by atoms with E-state index < -0.39 is 15.4 Å². The molecule has 7 heteroatoms. The van der Waals surface area contributed by atoms with Gasteiger partial charge in [-0.3, -0.25) is 0 Å². The Bertz CT molecular complexity index is 704. The third-order valence-corrected chi connectivity index (χ3v) is 5.39. The summed E-state index contributed by atoms with van der Waals surface area (Å²) in [5.41, 5.74) is 6.33. The van der Waals surface area contributed by atoms with E-state index in [2.05, 4.69) is 4.72 Å². The maximum atomic E-state index is 12.4. The normalized spacial score (nSPS) is 12.8. The number of hydrogen-bond acceptors (Lipinski definition) is 4. The minimum atomic E-state index is -3.64. The Balaban J connectivity index is 2.29. The summed E-state index contributed by atoms with van der Waals surface area (Å²) in [6, 6.07) is 17.4. The minimum Gasteiger partial charge on any atom is -0.385 e. The molecule has 0 radical (unpaired) electrons. The smallest absolute Gasteiger partial charge is 0.241 e. The molecule has 0 amide bonds. The molecule has 0 aliphatic rings. The molecule has 0 aromatic heterocycles. The van der Waals surface area contributed by atoms with Gasteiger partial charge in [-0.05, 0) is 17.7 Å². The fraction of sp³-hybridized carbons (Fsp3) is 0.0714. The molecule has 0 aliphatic carbocycles. The molecule has 0 heterocycles. The van der Waals surface area contributed by atoms with E-state index in [4.69, 9.17) is 18.0 Å². The Morgan fingerprint density at radius 2 is 1.57 bits per heavy atom. The van der Waals surface area contributed by atoms with Gasteiger partial charge in [-0.2, -0.15) is 4.72 Å². The average molecular weight is 338 g/mol. The highest BCUT2D eigenvalue weighted by atomic mass is 32.2. The second-order valence-electron chi connectivity index (χ2n) is 4.16. The topological polar surface area (TPSA) is 72.2 Å². The molecule has 0 spiro atoms. The van der Waals surface area contributed by atoms with Crippen LogP contribution in [0, 0.1) is 0 Å². The predicted molar refractivity (Wildman–Crippen MR) is 90.3 cm³/mol. The summed E-state index contributed by atoms with van der Waals surface area (Å²) in [5.74, 6) is 0. The number of thioether (sulfide) groups is 1. The first-order valence-corrected chi connectivity index (χ1v) is 8.84. The monoisotopic (exact) mass is 338 g/mol. The summed E-state index contributed by atoms with van der Waals surface area (Å²) in [4.78, 5) is 0.203. The van der Waals surface area contributed by atoms with Gasteiger partial charge in [0.25, 0.3) is 0 Å². The van der Waals surface area contributed by atoms with Crippen LogP contribution in [0.25, 0.3) is 0 Å². The molecule has 0 fully saturated rings. The van der Waals surface area contributed by atoms with Crippen LogP contribution in [0.2, 0.25) is 0 Å². The van der Waals surface area contributed by atoms with Crippen molar-refractivity contribution in [2.45, 2.75) is 10.3 Å². The quantitative estimate of drug-likeness (QED) is 0.648. The number of rotatable bonds is 5. The van der Waals surface area contributed by atoms with Crippen LogP contribution in [0.3, 0.4) is 0 Å². The van der Waals surface area contributed by atoms with Gasteiger partial charge >= 0.3 is 0 Å². The highest BCUT2D eigenvalue weighted by Crippen LogP contribution is 2.28. The van der Waals surface area contributed by atoms with Crippen LogP contribution < -0.4 is 10.5 Å². The van der Waals surface area contributed by atoms with E-state index in [0.29, 0.717) is 0 Å². The lowest BCUT2D eigenvalue weighted by Gasteiger charge is -2.18. The maximum Gasteiger partial charge on any atom is 0.241 e. The van der Waals surface area contributed by atoms with Crippen molar-refractivity contribution in [3.05, 3.63) is 66.2 Å². The lowest BCUT2D eigenvalue weighted by atomic mass is 10.2. The molecule has 0 bridgehead atoms. The molecular formula is C14H14N2O2S3. The van der Waals surface area contributed by atoms with Gasteiger partial charge in [0.1, 0.15) is 4.32 Å². The molecule has 1 atom stereocenters. The first-order chi connectivity index (χ1) is 9.99. The van der Waals surface area contributed by atoms with Gasteiger partial charge in [0, 0.05) is 0 Å². The van der Waals surface area contributed by atoms with Crippen LogP contribution in [0.15, 0.2) is 65.6 Å². The molecule has 110 valence electrons. The lowest BCUT2D eigenvalue weighted by Crippen LogP contribution is -2.28. The summed E-state index contributed by atoms with van der Waals surface area (Å²) in [6.45, 7) is 0. The molecular weight excluding hydrogens is 324 g/mol. The molecule has 3 N–H and O–H groups in total. The van der Waals surface area contributed by atoms with Crippen LogP contribution in [0.5, 0.6) is 0 Å². The highest BCUT2D eigenvalue weighted by molar-refractivity contribution is 8.23. The number of thiocarbonyl (C=S) groups is 1. The fourth-order valence-electron chi connectivity index (χ4n) is 1.71. The van der Waals surface area contributed by atoms with E-state index >= 15 is 0 Å². The largest absolute Gasteiger partial charge is 0.385 e. The van der Waals surface area contributed by atoms with Crippen LogP contribution in [-0.4, -0.2) is 12.7 Å². The molecule has 4 nitrogen and oxygen atoms in total. The number of nitrogens with two attached hydrogens (primary N) is 1. The molecule has 0 saturated carbocycles. The molecule has 2 aromatic rings. The summed E-state index contributed by atoms with van der Waals surface area (Å²) < 4.78 is 27.6. The van der Waals surface area contributed by atoms with Crippen molar-refractivity contribution in [3.63, 3.8) is 0 Å². The number of hydrogen-bond donors (Lipinski definition) is 2. The maximum absolute atomic E-state index is 12.4. The fourth-order valence-corrected chi connectivity index (χ4v) is 4.17. The van der Waals surface area contributed by atoms with Crippen LogP contribution in [0.4, 0.5) is 0 Å². The van der Waals surface area contributed by atoms with E-state index in [1.165, 1.54) is 12.1 Å². The molecule has 21 heavy (non-hydrogen) atoms. The van der Waals surface area contributed by atoms with Crippen LogP contribution >= 0.6 is 24.0 Å². The van der Waals surface area contributed by atoms with Crippen molar-refractivity contribution in [2.24, 2.45) is 5.73 Å². The van der Waals surface area contributed by atoms with E-state index in [1.807, 2.05) is 30.3 Å². The van der Waals surface area contributed by atoms with Crippen LogP contribution in [-0.2, 0) is 10.0 Å². The standard InChI is InChI=1S/C14H14N2O2S3/c15-14(19)20-13(11-7-3-1-4-8-11)16-21(17,18)12-9-5-2-6-10-12/h1-10,13,16H,(H2,15,19). The first-order valence-electron chi connectivity index (χ1n) is 6.07. The summed E-state index contributed by atoms with van der Waals surface area (Å²) in [6.07, 6.45) is 0. The first kappa shape index (κ1) is 16.0. The van der Waals surface area contributed by atoms with Gasteiger partial charge in [0.2, 0.25) is 10.0 Å². The Labute approximate surface area is 133 Å². The second kappa shape index (κ2) is 7.04. The number of nitrogens with one attached hydrogen (secondary N) is 1. The zero-order chi connectivity index (χ0) is 15.3. The molecule has 1 unspecified atom stereocenters. The molecule has 2 rings (SSSR count). The predicted octanol–water partition coefficient (Wildman–Crippen LogP) is 2.64. The van der Waals surface area contributed by atoms with Gasteiger partial charge in [0.15, 0.2) is 0 Å². The van der Waals surface area contributed by atoms with Crippen molar-refractivity contribution in [1.29, 1.82) is 0 Å². The SMILES string of the molecule is NC(=S)SC(NS(=O)(=O)c1ccccc1)c1ccccc1. The molecule has 0 aliphatic heterocycles. The number of sulfonamides is 1. The highest BCUT2D eigenvalue weighted by Gasteiger charge is 2.22. The summed E-state index contributed by atoms with van der Waals surface area (Å²) in [5, 5.41) is -0.561. The van der Waals surface area contributed by atoms with E-state index in [9.17, 15) is 8.42 Å². The van der Waals surface area contributed by atoms with Crippen molar-refractivity contribution in [3.8, 4) is 0 Å². The number of benzene rings is 2. The Hall–Kier alpha value is -1.41. The van der Waals surface area contributed by atoms with Crippen molar-refractivity contribution < 1.29 is 8.42 Å². The van der Waals surface area contributed by atoms with E-state index in [1.54, 1.807) is 18.2 Å². The second-order valence-corrected chi connectivity index (χ2v) is 7.72. The van der Waals surface area contributed by atoms with Gasteiger partial charge in [-0.1, -0.05) is 72.5 Å². The van der Waals surface area contributed by atoms with Gasteiger partial charge in [-0.25, -0.2) is 8.42 Å². The zero-order valence-corrected chi connectivity index (χ0v) is 13.4. The van der Waals surface area contributed by atoms with Crippen molar-refractivity contribution in [1.82, 2.24) is 4.72 Å². The average Bonchev–Trinajstić information content (AvgIpc) is 2.48. The molecule has 0 saturated heterocycles. The summed E-state index contributed by atoms with van der Waals surface area (Å²) in [7, 11) is -3.64. The third-order valence-electron chi connectivity index (χ3n) is 2.65. The lowest BCUT2D eigenvalue weighted by molar-refractivity contribution is 0.580. The van der Waals surface area contributed by atoms with E-state index in [-0.39, 0.29) is 9.22 Å².